The topological polar surface area (TPSA) is 12.9 Å². The van der Waals surface area contributed by atoms with Crippen molar-refractivity contribution in [2.75, 3.05) is 0 Å². The summed E-state index contributed by atoms with van der Waals surface area (Å²) in [7, 11) is 0. The highest BCUT2D eigenvalue weighted by atomic mass is 35.5. The highest BCUT2D eigenvalue weighted by Crippen LogP contribution is 2.42. The molecule has 3 aromatic rings. The number of hydrogen-bond acceptors (Lipinski definition) is 2. The lowest BCUT2D eigenvalue weighted by Gasteiger charge is -2.15. The van der Waals surface area contributed by atoms with Crippen molar-refractivity contribution in [2.45, 2.75) is 6.18 Å². The van der Waals surface area contributed by atoms with Crippen molar-refractivity contribution in [1.82, 2.24) is 4.98 Å². The molecule has 0 aliphatic carbocycles. The summed E-state index contributed by atoms with van der Waals surface area (Å²) in [5, 5.41) is 2.33. The van der Waals surface area contributed by atoms with Gasteiger partial charge in [0.1, 0.15) is 0 Å². The maximum absolute atomic E-state index is 13.1. The van der Waals surface area contributed by atoms with Crippen molar-refractivity contribution in [3.8, 4) is 22.4 Å². The quantitative estimate of drug-likeness (QED) is 0.481. The van der Waals surface area contributed by atoms with Gasteiger partial charge in [-0.05, 0) is 29.8 Å². The molecule has 23 heavy (non-hydrogen) atoms. The number of nitrogens with zero attached hydrogens (tertiary/aromatic N) is 1. The molecule has 0 aliphatic heterocycles. The Balaban J connectivity index is 2.32. The van der Waals surface area contributed by atoms with Gasteiger partial charge in [0.25, 0.3) is 0 Å². The van der Waals surface area contributed by atoms with Crippen molar-refractivity contribution in [3.63, 3.8) is 0 Å². The van der Waals surface area contributed by atoms with E-state index >= 15 is 0 Å². The van der Waals surface area contributed by atoms with Gasteiger partial charge in [-0.3, -0.25) is 0 Å². The monoisotopic (exact) mass is 373 g/mol. The van der Waals surface area contributed by atoms with E-state index in [-0.39, 0.29) is 10.0 Å². The maximum Gasteiger partial charge on any atom is 0.416 e. The van der Waals surface area contributed by atoms with E-state index < -0.39 is 11.7 Å². The van der Waals surface area contributed by atoms with Crippen LogP contribution in [0.2, 0.25) is 10.0 Å². The fourth-order valence-electron chi connectivity index (χ4n) is 2.25. The minimum Gasteiger partial charge on any atom is -0.245 e. The molecule has 0 fully saturated rings. The average molecular weight is 374 g/mol. The van der Waals surface area contributed by atoms with E-state index in [0.717, 1.165) is 12.1 Å². The first-order chi connectivity index (χ1) is 10.9. The van der Waals surface area contributed by atoms with Crippen molar-refractivity contribution < 1.29 is 13.2 Å². The molecular formula is C16H8Cl2F3NS. The van der Waals surface area contributed by atoms with Gasteiger partial charge in [-0.25, -0.2) is 4.98 Å². The molecule has 0 N–H and O–H groups in total. The molecule has 0 aliphatic rings. The van der Waals surface area contributed by atoms with Crippen LogP contribution in [0.3, 0.4) is 0 Å². The molecule has 1 heterocycles. The molecule has 0 atom stereocenters. The second kappa shape index (κ2) is 6.15. The summed E-state index contributed by atoms with van der Waals surface area (Å²) >= 11 is 13.7. The third-order valence-corrected chi connectivity index (χ3v) is 4.50. The van der Waals surface area contributed by atoms with E-state index in [1.165, 1.54) is 17.4 Å². The lowest BCUT2D eigenvalue weighted by molar-refractivity contribution is -0.137. The largest absolute Gasteiger partial charge is 0.416 e. The molecule has 1 aromatic heterocycles. The summed E-state index contributed by atoms with van der Waals surface area (Å²) in [4.78, 5) is 4.17. The van der Waals surface area contributed by atoms with E-state index in [9.17, 15) is 13.2 Å². The van der Waals surface area contributed by atoms with Crippen LogP contribution in [0.4, 0.5) is 13.2 Å². The Hall–Kier alpha value is -1.56. The highest BCUT2D eigenvalue weighted by molar-refractivity contribution is 7.07. The Morgan fingerprint density at radius 2 is 1.65 bits per heavy atom. The lowest BCUT2D eigenvalue weighted by Crippen LogP contribution is -2.05. The smallest absolute Gasteiger partial charge is 0.245 e. The molecule has 0 spiro atoms. The summed E-state index contributed by atoms with van der Waals surface area (Å²) in [6.45, 7) is 0. The molecule has 3 rings (SSSR count). The Morgan fingerprint density at radius 1 is 0.957 bits per heavy atom. The van der Waals surface area contributed by atoms with Crippen LogP contribution in [0, 0.1) is 0 Å². The molecule has 118 valence electrons. The van der Waals surface area contributed by atoms with Crippen molar-refractivity contribution >= 4 is 34.5 Å². The lowest BCUT2D eigenvalue weighted by atomic mass is 9.95. The van der Waals surface area contributed by atoms with E-state index in [0.29, 0.717) is 22.4 Å². The first-order valence-electron chi connectivity index (χ1n) is 6.42. The van der Waals surface area contributed by atoms with Gasteiger partial charge in [0.15, 0.2) is 0 Å². The van der Waals surface area contributed by atoms with Crippen LogP contribution in [-0.4, -0.2) is 4.98 Å². The number of rotatable bonds is 2. The fraction of sp³-hybridized carbons (Fsp3) is 0.0625. The molecule has 0 amide bonds. The number of hydrogen-bond donors (Lipinski definition) is 0. The van der Waals surface area contributed by atoms with E-state index in [1.54, 1.807) is 29.1 Å². The zero-order chi connectivity index (χ0) is 16.6. The van der Waals surface area contributed by atoms with Crippen LogP contribution < -0.4 is 0 Å². The van der Waals surface area contributed by atoms with Crippen LogP contribution >= 0.6 is 34.5 Å². The van der Waals surface area contributed by atoms with Crippen molar-refractivity contribution in [3.05, 3.63) is 62.9 Å². The molecule has 1 nitrogen and oxygen atoms in total. The summed E-state index contributed by atoms with van der Waals surface area (Å²) in [5.41, 5.74) is 2.66. The highest BCUT2D eigenvalue weighted by Gasteiger charge is 2.31. The summed E-state index contributed by atoms with van der Waals surface area (Å²) in [6.07, 6.45) is -4.46. The molecule has 0 saturated carbocycles. The number of thiazole rings is 1. The van der Waals surface area contributed by atoms with Gasteiger partial charge in [0.05, 0.1) is 16.8 Å². The van der Waals surface area contributed by atoms with Gasteiger partial charge < -0.3 is 0 Å². The van der Waals surface area contributed by atoms with E-state index in [1.807, 2.05) is 0 Å². The van der Waals surface area contributed by atoms with Crippen LogP contribution in [0.25, 0.3) is 22.4 Å². The third-order valence-electron chi connectivity index (χ3n) is 3.29. The summed E-state index contributed by atoms with van der Waals surface area (Å²) in [6, 6.07) is 8.31. The van der Waals surface area contributed by atoms with Gasteiger partial charge in [-0.15, -0.1) is 11.3 Å². The van der Waals surface area contributed by atoms with Crippen LogP contribution in [0.5, 0.6) is 0 Å². The molecule has 2 aromatic carbocycles. The van der Waals surface area contributed by atoms with Crippen molar-refractivity contribution in [2.24, 2.45) is 0 Å². The van der Waals surface area contributed by atoms with Gasteiger partial charge in [0.2, 0.25) is 0 Å². The zero-order valence-corrected chi connectivity index (χ0v) is 13.7. The fourth-order valence-corrected chi connectivity index (χ4v) is 3.40. The molecule has 0 radical (unpaired) electrons. The number of halogens is 5. The minimum absolute atomic E-state index is 0.285. The predicted octanol–water partition coefficient (Wildman–Crippen LogP) is 6.80. The molecule has 0 saturated heterocycles. The Kier molecular flexibility index (Phi) is 4.36. The SMILES string of the molecule is FC(F)(F)c1ccc(-c2cscn2)c(-c2c(Cl)cccc2Cl)c1. The molecular weight excluding hydrogens is 366 g/mol. The van der Waals surface area contributed by atoms with E-state index in [2.05, 4.69) is 4.98 Å². The van der Waals surface area contributed by atoms with Gasteiger partial charge in [-0.2, -0.15) is 13.2 Å². The van der Waals surface area contributed by atoms with Crippen LogP contribution in [0.15, 0.2) is 47.3 Å². The molecule has 0 bridgehead atoms. The predicted molar refractivity (Wildman–Crippen MR) is 88.0 cm³/mol. The second-order valence-electron chi connectivity index (χ2n) is 4.73. The molecule has 7 heteroatoms. The van der Waals surface area contributed by atoms with E-state index in [4.69, 9.17) is 23.2 Å². The maximum atomic E-state index is 13.1. The average Bonchev–Trinajstić information content (AvgIpc) is 3.00. The third kappa shape index (κ3) is 3.22. The standard InChI is InChI=1S/C16H8Cl2F3NS/c17-12-2-1-3-13(18)15(12)11-6-9(16(19,20)21)4-5-10(11)14-7-23-8-22-14/h1-8H. The Morgan fingerprint density at radius 3 is 2.22 bits per heavy atom. The minimum atomic E-state index is -4.46. The second-order valence-corrected chi connectivity index (χ2v) is 6.26. The van der Waals surface area contributed by atoms with Gasteiger partial charge in [0, 0.05) is 26.6 Å². The first kappa shape index (κ1) is 16.3. The van der Waals surface area contributed by atoms with Crippen molar-refractivity contribution in [1.29, 1.82) is 0 Å². The van der Waals surface area contributed by atoms with Crippen LogP contribution in [0.1, 0.15) is 5.56 Å². The molecule has 0 unspecified atom stereocenters. The first-order valence-corrected chi connectivity index (χ1v) is 8.12. The number of aromatic nitrogens is 1. The number of benzene rings is 2. The Bertz CT molecular complexity index is 825. The van der Waals surface area contributed by atoms with Gasteiger partial charge in [-0.1, -0.05) is 35.3 Å². The summed E-state index contributed by atoms with van der Waals surface area (Å²) < 4.78 is 39.2. The Labute approximate surface area is 144 Å². The normalized spacial score (nSPS) is 11.7. The number of alkyl halides is 3. The zero-order valence-electron chi connectivity index (χ0n) is 11.4. The summed E-state index contributed by atoms with van der Waals surface area (Å²) in [5.74, 6) is 0. The van der Waals surface area contributed by atoms with Crippen LogP contribution in [-0.2, 0) is 6.18 Å². The van der Waals surface area contributed by atoms with Gasteiger partial charge >= 0.3 is 6.18 Å².